The quantitative estimate of drug-likeness (QED) is 0.906. The number of fused-ring (bicyclic) bond motifs is 1. The topological polar surface area (TPSA) is 67.6 Å². The van der Waals surface area contributed by atoms with Crippen LogP contribution in [0, 0.1) is 23.2 Å². The van der Waals surface area contributed by atoms with Crippen LogP contribution >= 0.6 is 0 Å². The number of nitrogen functional groups attached to an aromatic ring is 1. The van der Waals surface area contributed by atoms with E-state index >= 15 is 0 Å². The highest BCUT2D eigenvalue weighted by atomic mass is 15.2. The first-order chi connectivity index (χ1) is 9.67. The largest absolute Gasteiger partial charge is 0.369 e. The highest BCUT2D eigenvalue weighted by Gasteiger charge is 2.34. The molecule has 3 rings (SSSR count). The van der Waals surface area contributed by atoms with Crippen LogP contribution in [0.2, 0.25) is 0 Å². The molecule has 0 radical (unpaired) electrons. The highest BCUT2D eigenvalue weighted by Crippen LogP contribution is 2.44. The summed E-state index contributed by atoms with van der Waals surface area (Å²) in [7, 11) is 0. The van der Waals surface area contributed by atoms with Gasteiger partial charge in [-0.3, -0.25) is 0 Å². The van der Waals surface area contributed by atoms with E-state index in [9.17, 15) is 5.26 Å². The Morgan fingerprint density at radius 3 is 2.90 bits per heavy atom. The van der Waals surface area contributed by atoms with Crippen LogP contribution in [0.15, 0.2) is 18.2 Å². The first kappa shape index (κ1) is 13.0. The fourth-order valence-corrected chi connectivity index (χ4v) is 3.74. The summed E-state index contributed by atoms with van der Waals surface area (Å²) in [6.07, 6.45) is 3.61. The summed E-state index contributed by atoms with van der Waals surface area (Å²) in [5.41, 5.74) is 8.48. The second kappa shape index (κ2) is 4.82. The van der Waals surface area contributed by atoms with E-state index in [1.165, 1.54) is 12.8 Å². The Hall–Kier alpha value is -2.02. The number of hydrogen-bond donors (Lipinski definition) is 1. The summed E-state index contributed by atoms with van der Waals surface area (Å²) < 4.78 is 2.15. The van der Waals surface area contributed by atoms with E-state index in [1.807, 2.05) is 12.1 Å². The number of imidazole rings is 1. The summed E-state index contributed by atoms with van der Waals surface area (Å²) in [5, 5.41) is 9.19. The molecule has 1 aromatic heterocycles. The average molecular weight is 268 g/mol. The van der Waals surface area contributed by atoms with Gasteiger partial charge in [0, 0.05) is 6.04 Å². The van der Waals surface area contributed by atoms with E-state index in [-0.39, 0.29) is 0 Å². The molecule has 3 atom stereocenters. The van der Waals surface area contributed by atoms with Crippen LogP contribution in [0.5, 0.6) is 0 Å². The molecular weight excluding hydrogens is 248 g/mol. The van der Waals surface area contributed by atoms with Crippen LogP contribution in [0.3, 0.4) is 0 Å². The third kappa shape index (κ3) is 1.77. The number of nitrogens with zero attached hydrogens (tertiary/aromatic N) is 3. The summed E-state index contributed by atoms with van der Waals surface area (Å²) in [4.78, 5) is 4.43. The van der Waals surface area contributed by atoms with E-state index in [0.717, 1.165) is 23.4 Å². The molecule has 4 nitrogen and oxygen atoms in total. The van der Waals surface area contributed by atoms with Gasteiger partial charge in [-0.25, -0.2) is 4.98 Å². The van der Waals surface area contributed by atoms with Crippen LogP contribution < -0.4 is 5.73 Å². The van der Waals surface area contributed by atoms with E-state index < -0.39 is 0 Å². The Balaban J connectivity index is 2.13. The molecule has 0 spiro atoms. The van der Waals surface area contributed by atoms with Crippen molar-refractivity contribution in [1.82, 2.24) is 9.55 Å². The molecule has 3 unspecified atom stereocenters. The number of anilines is 1. The molecular formula is C16H20N4. The van der Waals surface area contributed by atoms with Gasteiger partial charge in [0.05, 0.1) is 11.1 Å². The summed E-state index contributed by atoms with van der Waals surface area (Å²) in [6, 6.07) is 8.33. The minimum Gasteiger partial charge on any atom is -0.369 e. The van der Waals surface area contributed by atoms with Gasteiger partial charge in [0.1, 0.15) is 11.6 Å². The van der Waals surface area contributed by atoms with Gasteiger partial charge in [-0.05, 0) is 36.8 Å². The minimum atomic E-state index is 0.402. The predicted molar refractivity (Wildman–Crippen MR) is 80.1 cm³/mol. The fourth-order valence-electron chi connectivity index (χ4n) is 3.74. The van der Waals surface area contributed by atoms with Crippen LogP contribution in [0.4, 0.5) is 5.95 Å². The van der Waals surface area contributed by atoms with Crippen LogP contribution in [0.25, 0.3) is 11.0 Å². The molecule has 0 saturated heterocycles. The van der Waals surface area contributed by atoms with Gasteiger partial charge in [-0.1, -0.05) is 26.3 Å². The van der Waals surface area contributed by atoms with E-state index in [1.54, 1.807) is 6.07 Å². The molecule has 1 heterocycles. The molecule has 2 aromatic rings. The van der Waals surface area contributed by atoms with Crippen LogP contribution in [0.1, 0.15) is 44.7 Å². The van der Waals surface area contributed by atoms with Gasteiger partial charge < -0.3 is 10.3 Å². The molecule has 0 bridgehead atoms. The number of rotatable bonds is 2. The lowest BCUT2D eigenvalue weighted by Crippen LogP contribution is -2.17. The summed E-state index contributed by atoms with van der Waals surface area (Å²) in [5.74, 6) is 1.90. The third-order valence-corrected chi connectivity index (χ3v) is 4.91. The van der Waals surface area contributed by atoms with Crippen molar-refractivity contribution in [2.75, 3.05) is 5.73 Å². The van der Waals surface area contributed by atoms with Crippen molar-refractivity contribution in [2.45, 2.75) is 39.2 Å². The number of aromatic nitrogens is 2. The third-order valence-electron chi connectivity index (χ3n) is 4.91. The highest BCUT2D eigenvalue weighted by molar-refractivity contribution is 5.84. The number of para-hydroxylation sites is 1. The summed E-state index contributed by atoms with van der Waals surface area (Å²) >= 11 is 0. The van der Waals surface area contributed by atoms with Gasteiger partial charge in [-0.2, -0.15) is 5.26 Å². The number of benzene rings is 1. The predicted octanol–water partition coefficient (Wildman–Crippen LogP) is 3.49. The van der Waals surface area contributed by atoms with Gasteiger partial charge in [-0.15, -0.1) is 0 Å². The molecule has 1 saturated carbocycles. The summed E-state index contributed by atoms with van der Waals surface area (Å²) in [6.45, 7) is 4.57. The van der Waals surface area contributed by atoms with Gasteiger partial charge in [0.15, 0.2) is 0 Å². The fraction of sp³-hybridized carbons (Fsp3) is 0.500. The zero-order valence-electron chi connectivity index (χ0n) is 12.0. The van der Waals surface area contributed by atoms with Crippen molar-refractivity contribution in [3.8, 4) is 6.07 Å². The molecule has 1 fully saturated rings. The number of nitriles is 1. The Kier molecular flexibility index (Phi) is 3.13. The van der Waals surface area contributed by atoms with Gasteiger partial charge in [0.2, 0.25) is 5.95 Å². The first-order valence-electron chi connectivity index (χ1n) is 7.33. The average Bonchev–Trinajstić information content (AvgIpc) is 2.97. The smallest absolute Gasteiger partial charge is 0.201 e. The lowest BCUT2D eigenvalue weighted by molar-refractivity contribution is 0.336. The molecule has 1 aliphatic carbocycles. The maximum absolute atomic E-state index is 9.19. The van der Waals surface area contributed by atoms with E-state index in [4.69, 9.17) is 5.73 Å². The monoisotopic (exact) mass is 268 g/mol. The van der Waals surface area contributed by atoms with Gasteiger partial charge >= 0.3 is 0 Å². The van der Waals surface area contributed by atoms with Crippen LogP contribution in [-0.2, 0) is 0 Å². The number of hydrogen-bond acceptors (Lipinski definition) is 3. The second-order valence-electron chi connectivity index (χ2n) is 5.80. The maximum atomic E-state index is 9.19. The minimum absolute atomic E-state index is 0.402. The van der Waals surface area contributed by atoms with Gasteiger partial charge in [0.25, 0.3) is 0 Å². The van der Waals surface area contributed by atoms with Crippen LogP contribution in [-0.4, -0.2) is 9.55 Å². The first-order valence-corrected chi connectivity index (χ1v) is 7.33. The Morgan fingerprint density at radius 1 is 1.45 bits per heavy atom. The normalized spacial score (nSPS) is 25.9. The van der Waals surface area contributed by atoms with Crippen molar-refractivity contribution in [2.24, 2.45) is 11.8 Å². The Labute approximate surface area is 119 Å². The Bertz CT molecular complexity index is 680. The molecule has 0 aliphatic heterocycles. The number of nitrogens with two attached hydrogens (primary N) is 1. The maximum Gasteiger partial charge on any atom is 0.201 e. The molecule has 0 amide bonds. The van der Waals surface area contributed by atoms with Crippen molar-refractivity contribution < 1.29 is 0 Å². The van der Waals surface area contributed by atoms with E-state index in [2.05, 4.69) is 29.5 Å². The molecule has 1 aromatic carbocycles. The second-order valence-corrected chi connectivity index (χ2v) is 5.80. The molecule has 20 heavy (non-hydrogen) atoms. The Morgan fingerprint density at radius 2 is 2.25 bits per heavy atom. The molecule has 104 valence electrons. The molecule has 1 aliphatic rings. The van der Waals surface area contributed by atoms with E-state index in [0.29, 0.717) is 23.5 Å². The van der Waals surface area contributed by atoms with Crippen molar-refractivity contribution in [3.63, 3.8) is 0 Å². The SMILES string of the molecule is CCC1CCC(n2c(N)nc3c(C#N)cccc32)C1C. The van der Waals surface area contributed by atoms with Crippen molar-refractivity contribution >= 4 is 17.0 Å². The van der Waals surface area contributed by atoms with Crippen molar-refractivity contribution in [3.05, 3.63) is 23.8 Å². The zero-order valence-corrected chi connectivity index (χ0v) is 12.0. The standard InChI is InChI=1S/C16H20N4/c1-3-11-7-8-13(10(11)2)20-14-6-4-5-12(9-17)15(14)19-16(20)18/h4-6,10-11,13H,3,7-8H2,1-2H3,(H2,18,19). The lowest BCUT2D eigenvalue weighted by Gasteiger charge is -2.22. The zero-order chi connectivity index (χ0) is 14.3. The lowest BCUT2D eigenvalue weighted by atomic mass is 9.93. The molecule has 2 N–H and O–H groups in total. The van der Waals surface area contributed by atoms with Crippen molar-refractivity contribution in [1.29, 1.82) is 5.26 Å². The molecule has 4 heteroatoms.